The van der Waals surface area contributed by atoms with Crippen LogP contribution in [0.25, 0.3) is 0 Å². The van der Waals surface area contributed by atoms with Gasteiger partial charge in [-0.15, -0.1) is 0 Å². The number of rotatable bonds is 4. The Hall–Kier alpha value is -0.610. The number of carbonyl (C=O) groups excluding carboxylic acids is 1. The summed E-state index contributed by atoms with van der Waals surface area (Å²) < 4.78 is 0. The molecule has 4 fully saturated rings. The molecule has 2 saturated carbocycles. The molecule has 0 bridgehead atoms. The van der Waals surface area contributed by atoms with Crippen molar-refractivity contribution < 1.29 is 4.79 Å². The maximum Gasteiger partial charge on any atom is 0.242 e. The summed E-state index contributed by atoms with van der Waals surface area (Å²) in [5.41, 5.74) is 6.03. The Kier molecular flexibility index (Phi) is 4.63. The van der Waals surface area contributed by atoms with Crippen LogP contribution in [-0.2, 0) is 4.79 Å². The quantitative estimate of drug-likeness (QED) is 0.860. The van der Waals surface area contributed by atoms with Gasteiger partial charge < -0.3 is 15.5 Å². The number of hydrogen-bond donors (Lipinski definition) is 1. The fraction of sp³-hybridized carbons (Fsp3) is 0.950. The van der Waals surface area contributed by atoms with E-state index in [2.05, 4.69) is 9.80 Å². The van der Waals surface area contributed by atoms with Gasteiger partial charge in [0.2, 0.25) is 5.91 Å². The first-order chi connectivity index (χ1) is 11.6. The van der Waals surface area contributed by atoms with Gasteiger partial charge in [0.15, 0.2) is 0 Å². The largest absolute Gasteiger partial charge is 0.340 e. The molecular weight excluding hydrogens is 298 g/mol. The van der Waals surface area contributed by atoms with Gasteiger partial charge in [-0.2, -0.15) is 0 Å². The van der Waals surface area contributed by atoms with Crippen LogP contribution in [0.1, 0.15) is 70.6 Å². The summed E-state index contributed by atoms with van der Waals surface area (Å²) in [5, 5.41) is 0. The minimum absolute atomic E-state index is 0.235. The van der Waals surface area contributed by atoms with E-state index in [1.165, 1.54) is 77.4 Å². The summed E-state index contributed by atoms with van der Waals surface area (Å²) in [6.45, 7) is 5.66. The first kappa shape index (κ1) is 16.8. The van der Waals surface area contributed by atoms with Gasteiger partial charge in [0.05, 0.1) is 5.54 Å². The minimum atomic E-state index is -0.485. The Morgan fingerprint density at radius 1 is 0.958 bits per heavy atom. The Bertz CT molecular complexity index is 470. The normalized spacial score (nSPS) is 34.0. The molecular formula is C20H35N3O. The number of hydrogen-bond acceptors (Lipinski definition) is 3. The molecule has 0 aromatic rings. The number of piperidine rings is 1. The lowest BCUT2D eigenvalue weighted by molar-refractivity contribution is -0.133. The second kappa shape index (κ2) is 6.60. The van der Waals surface area contributed by atoms with Crippen LogP contribution in [0.2, 0.25) is 0 Å². The molecule has 24 heavy (non-hydrogen) atoms. The molecule has 1 spiro atoms. The third kappa shape index (κ3) is 3.50. The van der Waals surface area contributed by atoms with Gasteiger partial charge in [-0.05, 0) is 57.5 Å². The van der Waals surface area contributed by atoms with E-state index >= 15 is 0 Å². The second-order valence-electron chi connectivity index (χ2n) is 9.31. The van der Waals surface area contributed by atoms with Gasteiger partial charge >= 0.3 is 0 Å². The summed E-state index contributed by atoms with van der Waals surface area (Å²) >= 11 is 0. The molecule has 2 N–H and O–H groups in total. The molecule has 1 atom stereocenters. The predicted octanol–water partition coefficient (Wildman–Crippen LogP) is 2.76. The van der Waals surface area contributed by atoms with Crippen molar-refractivity contribution in [2.45, 2.75) is 76.2 Å². The van der Waals surface area contributed by atoms with Crippen LogP contribution >= 0.6 is 0 Å². The van der Waals surface area contributed by atoms with E-state index in [9.17, 15) is 4.79 Å². The highest BCUT2D eigenvalue weighted by molar-refractivity contribution is 5.89. The van der Waals surface area contributed by atoms with Crippen molar-refractivity contribution in [2.75, 3.05) is 32.7 Å². The first-order valence-corrected chi connectivity index (χ1v) is 10.4. The SMILES string of the molecule is NC1(C(=O)N2CC[C@]3(CCCN(CCC4CCCCC4)C3)C2)CC1. The maximum absolute atomic E-state index is 12.6. The van der Waals surface area contributed by atoms with Crippen molar-refractivity contribution in [1.29, 1.82) is 0 Å². The lowest BCUT2D eigenvalue weighted by Crippen LogP contribution is -2.48. The molecule has 4 rings (SSSR count). The van der Waals surface area contributed by atoms with Crippen LogP contribution in [0, 0.1) is 11.3 Å². The van der Waals surface area contributed by atoms with Crippen molar-refractivity contribution in [1.82, 2.24) is 9.80 Å². The average molecular weight is 334 g/mol. The van der Waals surface area contributed by atoms with Gasteiger partial charge in [-0.1, -0.05) is 32.1 Å². The standard InChI is InChI=1S/C20H35N3O/c21-20(9-10-20)18(24)23-14-11-19(16-23)8-4-12-22(15-19)13-7-17-5-2-1-3-6-17/h17H,1-16,21H2/t19-/m0/s1. The van der Waals surface area contributed by atoms with E-state index in [1.807, 2.05) is 0 Å². The fourth-order valence-electron chi connectivity index (χ4n) is 5.45. The lowest BCUT2D eigenvalue weighted by Gasteiger charge is -2.41. The van der Waals surface area contributed by atoms with E-state index in [0.29, 0.717) is 5.41 Å². The van der Waals surface area contributed by atoms with Crippen LogP contribution in [-0.4, -0.2) is 54.0 Å². The van der Waals surface area contributed by atoms with Gasteiger partial charge in [0.1, 0.15) is 0 Å². The van der Waals surface area contributed by atoms with E-state index in [1.54, 1.807) is 0 Å². The highest BCUT2D eigenvalue weighted by atomic mass is 16.2. The molecule has 2 aliphatic carbocycles. The molecule has 0 radical (unpaired) electrons. The van der Waals surface area contributed by atoms with Gasteiger partial charge in [-0.3, -0.25) is 4.79 Å². The summed E-state index contributed by atoms with van der Waals surface area (Å²) in [6.07, 6.45) is 14.2. The molecule has 4 heteroatoms. The van der Waals surface area contributed by atoms with Crippen LogP contribution in [0.5, 0.6) is 0 Å². The Morgan fingerprint density at radius 2 is 1.75 bits per heavy atom. The van der Waals surface area contributed by atoms with Gasteiger partial charge in [0.25, 0.3) is 0 Å². The summed E-state index contributed by atoms with van der Waals surface area (Å²) in [4.78, 5) is 17.4. The van der Waals surface area contributed by atoms with Crippen LogP contribution in [0.4, 0.5) is 0 Å². The number of nitrogens with zero attached hydrogens (tertiary/aromatic N) is 2. The van der Waals surface area contributed by atoms with E-state index < -0.39 is 5.54 Å². The van der Waals surface area contributed by atoms with Crippen LogP contribution in [0.3, 0.4) is 0 Å². The number of amides is 1. The van der Waals surface area contributed by atoms with Crippen molar-refractivity contribution in [3.8, 4) is 0 Å². The molecule has 136 valence electrons. The van der Waals surface area contributed by atoms with Crippen molar-refractivity contribution in [2.24, 2.45) is 17.1 Å². The zero-order valence-corrected chi connectivity index (χ0v) is 15.3. The third-order valence-corrected chi connectivity index (χ3v) is 7.26. The smallest absolute Gasteiger partial charge is 0.242 e. The van der Waals surface area contributed by atoms with Crippen molar-refractivity contribution in [3.63, 3.8) is 0 Å². The van der Waals surface area contributed by atoms with Gasteiger partial charge in [-0.25, -0.2) is 0 Å². The Labute approximate surface area is 147 Å². The molecule has 0 aromatic carbocycles. The topological polar surface area (TPSA) is 49.6 Å². The monoisotopic (exact) mass is 333 g/mol. The molecule has 2 saturated heterocycles. The summed E-state index contributed by atoms with van der Waals surface area (Å²) in [6, 6.07) is 0. The van der Waals surface area contributed by atoms with Crippen LogP contribution in [0.15, 0.2) is 0 Å². The summed E-state index contributed by atoms with van der Waals surface area (Å²) in [5.74, 6) is 1.21. The number of likely N-dealkylation sites (tertiary alicyclic amines) is 2. The van der Waals surface area contributed by atoms with E-state index in [-0.39, 0.29) is 5.91 Å². The van der Waals surface area contributed by atoms with E-state index in [4.69, 9.17) is 5.73 Å². The Morgan fingerprint density at radius 3 is 2.50 bits per heavy atom. The molecule has 1 amide bonds. The van der Waals surface area contributed by atoms with Crippen molar-refractivity contribution in [3.05, 3.63) is 0 Å². The second-order valence-corrected chi connectivity index (χ2v) is 9.31. The molecule has 4 nitrogen and oxygen atoms in total. The van der Waals surface area contributed by atoms with Crippen molar-refractivity contribution >= 4 is 5.91 Å². The molecule has 2 heterocycles. The van der Waals surface area contributed by atoms with Gasteiger partial charge in [0, 0.05) is 25.0 Å². The first-order valence-electron chi connectivity index (χ1n) is 10.4. The highest BCUT2D eigenvalue weighted by Gasteiger charge is 2.51. The minimum Gasteiger partial charge on any atom is -0.340 e. The summed E-state index contributed by atoms with van der Waals surface area (Å²) in [7, 11) is 0. The number of carbonyl (C=O) groups is 1. The third-order valence-electron chi connectivity index (χ3n) is 7.26. The van der Waals surface area contributed by atoms with Crippen LogP contribution < -0.4 is 5.73 Å². The number of nitrogens with two attached hydrogens (primary N) is 1. The average Bonchev–Trinajstić information content (AvgIpc) is 3.24. The highest BCUT2D eigenvalue weighted by Crippen LogP contribution is 2.42. The zero-order valence-electron chi connectivity index (χ0n) is 15.3. The molecule has 2 aliphatic heterocycles. The lowest BCUT2D eigenvalue weighted by atomic mass is 9.79. The Balaban J connectivity index is 1.29. The molecule has 0 unspecified atom stereocenters. The molecule has 0 aromatic heterocycles. The maximum atomic E-state index is 12.6. The molecule has 4 aliphatic rings. The predicted molar refractivity (Wildman–Crippen MR) is 96.6 cm³/mol. The fourth-order valence-corrected chi connectivity index (χ4v) is 5.45. The zero-order chi connectivity index (χ0) is 16.6. The van der Waals surface area contributed by atoms with E-state index in [0.717, 1.165) is 31.8 Å².